The molecule has 1 N–H and O–H groups in total. The fraction of sp³-hybridized carbons (Fsp3) is 0.727. The minimum absolute atomic E-state index is 0.121. The van der Waals surface area contributed by atoms with E-state index in [4.69, 9.17) is 4.74 Å². The van der Waals surface area contributed by atoms with E-state index in [0.717, 1.165) is 7.11 Å². The van der Waals surface area contributed by atoms with Gasteiger partial charge in [-0.2, -0.15) is 0 Å². The van der Waals surface area contributed by atoms with Crippen LogP contribution in [0.1, 0.15) is 34.1 Å². The quantitative estimate of drug-likeness (QED) is 0.591. The van der Waals surface area contributed by atoms with Crippen LogP contribution >= 0.6 is 0 Å². The van der Waals surface area contributed by atoms with E-state index in [1.165, 1.54) is 0 Å². The molecule has 0 spiro atoms. The molecule has 1 amide bonds. The van der Waals surface area contributed by atoms with Crippen molar-refractivity contribution in [2.45, 2.75) is 45.8 Å². The predicted molar refractivity (Wildman–Crippen MR) is 60.5 cm³/mol. The van der Waals surface area contributed by atoms with Gasteiger partial charge in [0.25, 0.3) is 0 Å². The van der Waals surface area contributed by atoms with Crippen LogP contribution in [-0.4, -0.2) is 36.6 Å². The van der Waals surface area contributed by atoms with Crippen molar-refractivity contribution in [2.75, 3.05) is 7.11 Å². The number of hydrogen-bond acceptors (Lipinski definition) is 5. The van der Waals surface area contributed by atoms with Gasteiger partial charge in [-0.05, 0) is 20.8 Å². The van der Waals surface area contributed by atoms with Gasteiger partial charge in [0.05, 0.1) is 7.11 Å². The Morgan fingerprint density at radius 3 is 2.12 bits per heavy atom. The molecule has 0 aliphatic rings. The highest BCUT2D eigenvalue weighted by Crippen LogP contribution is 2.07. The number of nitrogens with one attached hydrogen (secondary N) is 1. The third kappa shape index (κ3) is 5.89. The van der Waals surface area contributed by atoms with E-state index >= 15 is 0 Å². The van der Waals surface area contributed by atoms with E-state index in [1.54, 1.807) is 27.7 Å². The van der Waals surface area contributed by atoms with Crippen LogP contribution < -0.4 is 5.32 Å². The fourth-order valence-corrected chi connectivity index (χ4v) is 1.02. The second-order valence-corrected chi connectivity index (χ2v) is 4.42. The standard InChI is InChI=1S/C11H19NO5/c1-6-7(13)8(9(14)16-5)12-10(15)17-11(2,3)4/h8H,6H2,1-5H3,(H,12,15). The number of carbonyl (C=O) groups excluding carboxylic acids is 3. The van der Waals surface area contributed by atoms with Gasteiger partial charge in [-0.3, -0.25) is 4.79 Å². The molecule has 0 fully saturated rings. The summed E-state index contributed by atoms with van der Waals surface area (Å²) >= 11 is 0. The number of hydrogen-bond donors (Lipinski definition) is 1. The van der Waals surface area contributed by atoms with E-state index in [9.17, 15) is 14.4 Å². The predicted octanol–water partition coefficient (Wildman–Crippen LogP) is 1.03. The number of alkyl carbamates (subject to hydrolysis) is 1. The molecule has 0 aromatic heterocycles. The lowest BCUT2D eigenvalue weighted by Gasteiger charge is -2.21. The molecule has 0 aliphatic carbocycles. The number of Topliss-reactive ketones (excluding diaryl/α,β-unsaturated/α-hetero) is 1. The largest absolute Gasteiger partial charge is 0.467 e. The second kappa shape index (κ2) is 6.22. The van der Waals surface area contributed by atoms with Crippen LogP contribution in [0.4, 0.5) is 4.79 Å². The van der Waals surface area contributed by atoms with Crippen molar-refractivity contribution in [1.82, 2.24) is 5.32 Å². The molecule has 1 unspecified atom stereocenters. The Balaban J connectivity index is 4.60. The average Bonchev–Trinajstić information content (AvgIpc) is 2.21. The third-order valence-corrected chi connectivity index (χ3v) is 1.77. The Hall–Kier alpha value is -1.59. The highest BCUT2D eigenvalue weighted by atomic mass is 16.6. The summed E-state index contributed by atoms with van der Waals surface area (Å²) in [5.41, 5.74) is -0.694. The molecule has 0 heterocycles. The first-order valence-electron chi connectivity index (χ1n) is 5.31. The lowest BCUT2D eigenvalue weighted by atomic mass is 10.1. The van der Waals surface area contributed by atoms with Crippen LogP contribution in [0.2, 0.25) is 0 Å². The number of esters is 1. The van der Waals surface area contributed by atoms with Crippen molar-refractivity contribution < 1.29 is 23.9 Å². The SMILES string of the molecule is CCC(=O)C(NC(=O)OC(C)(C)C)C(=O)OC. The van der Waals surface area contributed by atoms with Gasteiger partial charge in [-0.1, -0.05) is 6.92 Å². The highest BCUT2D eigenvalue weighted by Gasteiger charge is 2.29. The summed E-state index contributed by atoms with van der Waals surface area (Å²) in [6.45, 7) is 6.64. The maximum absolute atomic E-state index is 11.4. The summed E-state index contributed by atoms with van der Waals surface area (Å²) in [6.07, 6.45) is -0.704. The Morgan fingerprint density at radius 2 is 1.76 bits per heavy atom. The molecule has 0 aromatic rings. The molecule has 0 saturated heterocycles. The number of ketones is 1. The first kappa shape index (κ1) is 15.4. The molecule has 98 valence electrons. The second-order valence-electron chi connectivity index (χ2n) is 4.42. The zero-order chi connectivity index (χ0) is 13.6. The number of ether oxygens (including phenoxy) is 2. The maximum atomic E-state index is 11.4. The number of amides is 1. The summed E-state index contributed by atoms with van der Waals surface area (Å²) in [5, 5.41) is 2.19. The molecular weight excluding hydrogens is 226 g/mol. The first-order valence-corrected chi connectivity index (χ1v) is 5.31. The summed E-state index contributed by atoms with van der Waals surface area (Å²) in [5.74, 6) is -1.23. The molecule has 0 aromatic carbocycles. The Labute approximate surface area is 101 Å². The molecule has 0 rings (SSSR count). The summed E-state index contributed by atoms with van der Waals surface area (Å²) in [6, 6.07) is -1.31. The lowest BCUT2D eigenvalue weighted by molar-refractivity contribution is -0.146. The molecule has 6 nitrogen and oxygen atoms in total. The lowest BCUT2D eigenvalue weighted by Crippen LogP contribution is -2.48. The van der Waals surface area contributed by atoms with Crippen molar-refractivity contribution in [3.63, 3.8) is 0 Å². The van der Waals surface area contributed by atoms with Crippen molar-refractivity contribution in [3.05, 3.63) is 0 Å². The van der Waals surface area contributed by atoms with Crippen LogP contribution in [0, 0.1) is 0 Å². The van der Waals surface area contributed by atoms with Gasteiger partial charge in [0.2, 0.25) is 0 Å². The van der Waals surface area contributed by atoms with Crippen molar-refractivity contribution in [2.24, 2.45) is 0 Å². The number of rotatable bonds is 4. The molecule has 1 atom stereocenters. The zero-order valence-electron chi connectivity index (χ0n) is 10.8. The highest BCUT2D eigenvalue weighted by molar-refractivity contribution is 6.05. The van der Waals surface area contributed by atoms with Crippen molar-refractivity contribution in [1.29, 1.82) is 0 Å². The third-order valence-electron chi connectivity index (χ3n) is 1.77. The van der Waals surface area contributed by atoms with Gasteiger partial charge < -0.3 is 14.8 Å². The Bertz CT molecular complexity index is 289. The van der Waals surface area contributed by atoms with Crippen LogP contribution in [0.25, 0.3) is 0 Å². The van der Waals surface area contributed by atoms with E-state index in [1.807, 2.05) is 0 Å². The van der Waals surface area contributed by atoms with Crippen LogP contribution in [0.15, 0.2) is 0 Å². The van der Waals surface area contributed by atoms with E-state index < -0.39 is 29.5 Å². The minimum atomic E-state index is -1.31. The number of methoxy groups -OCH3 is 1. The monoisotopic (exact) mass is 245 g/mol. The topological polar surface area (TPSA) is 81.7 Å². The van der Waals surface area contributed by atoms with E-state index in [-0.39, 0.29) is 6.42 Å². The van der Waals surface area contributed by atoms with Crippen molar-refractivity contribution >= 4 is 17.8 Å². The molecule has 0 radical (unpaired) electrons. The normalized spacial score (nSPS) is 12.5. The van der Waals surface area contributed by atoms with Crippen LogP contribution in [0.5, 0.6) is 0 Å². The van der Waals surface area contributed by atoms with Gasteiger partial charge in [-0.25, -0.2) is 9.59 Å². The van der Waals surface area contributed by atoms with Gasteiger partial charge >= 0.3 is 12.1 Å². The summed E-state index contributed by atoms with van der Waals surface area (Å²) < 4.78 is 9.38. The van der Waals surface area contributed by atoms with Crippen LogP contribution in [0.3, 0.4) is 0 Å². The van der Waals surface area contributed by atoms with Crippen molar-refractivity contribution in [3.8, 4) is 0 Å². The zero-order valence-corrected chi connectivity index (χ0v) is 10.8. The smallest absolute Gasteiger partial charge is 0.408 e. The number of carbonyl (C=O) groups is 3. The van der Waals surface area contributed by atoms with Gasteiger partial charge in [0.15, 0.2) is 11.8 Å². The fourth-order valence-electron chi connectivity index (χ4n) is 1.02. The van der Waals surface area contributed by atoms with E-state index in [2.05, 4.69) is 10.1 Å². The summed E-state index contributed by atoms with van der Waals surface area (Å²) in [7, 11) is 1.15. The first-order chi connectivity index (χ1) is 7.71. The molecular formula is C11H19NO5. The maximum Gasteiger partial charge on any atom is 0.408 e. The molecule has 6 heteroatoms. The molecule has 17 heavy (non-hydrogen) atoms. The van der Waals surface area contributed by atoms with E-state index in [0.29, 0.717) is 0 Å². The average molecular weight is 245 g/mol. The summed E-state index contributed by atoms with van der Waals surface area (Å²) in [4.78, 5) is 34.2. The molecule has 0 bridgehead atoms. The van der Waals surface area contributed by atoms with Gasteiger partial charge in [-0.15, -0.1) is 0 Å². The van der Waals surface area contributed by atoms with Crippen LogP contribution in [-0.2, 0) is 19.1 Å². The van der Waals surface area contributed by atoms with Gasteiger partial charge in [0.1, 0.15) is 5.60 Å². The van der Waals surface area contributed by atoms with Gasteiger partial charge in [0, 0.05) is 6.42 Å². The Morgan fingerprint density at radius 1 is 1.24 bits per heavy atom. The molecule has 0 saturated carbocycles. The minimum Gasteiger partial charge on any atom is -0.467 e. The Kier molecular flexibility index (Phi) is 5.64. The molecule has 0 aliphatic heterocycles.